The Morgan fingerprint density at radius 2 is 1.94 bits per heavy atom. The standard InChI is InChI=1S/C25H28ClN5O4/c1-24(2)34-18-16(10-32)33-22(19(18)35-24)31-13-27-17-20(28-23(26)29-21(17)31)30-11-25(12-30)9-5-7-14-6-3-4-8-15(14)25/h3-4,6,8,13,16,18-19,22,32H,5,7,9-12H2,1-2H3/t16-,18-,19-,22-/m1/s1. The van der Waals surface area contributed by atoms with Gasteiger partial charge in [0, 0.05) is 18.5 Å². The van der Waals surface area contributed by atoms with Crippen LogP contribution in [0.3, 0.4) is 0 Å². The fraction of sp³-hybridized carbons (Fsp3) is 0.560. The van der Waals surface area contributed by atoms with Crippen LogP contribution in [0.2, 0.25) is 5.28 Å². The van der Waals surface area contributed by atoms with Gasteiger partial charge in [-0.15, -0.1) is 0 Å². The van der Waals surface area contributed by atoms with E-state index in [0.717, 1.165) is 25.3 Å². The lowest BCUT2D eigenvalue weighted by molar-refractivity contribution is -0.199. The Morgan fingerprint density at radius 1 is 1.14 bits per heavy atom. The van der Waals surface area contributed by atoms with Crippen molar-refractivity contribution in [3.63, 3.8) is 0 Å². The number of halogens is 1. The third-order valence-corrected chi connectivity index (χ3v) is 8.10. The fourth-order valence-electron chi connectivity index (χ4n) is 6.48. The van der Waals surface area contributed by atoms with Crippen molar-refractivity contribution in [2.24, 2.45) is 0 Å². The summed E-state index contributed by atoms with van der Waals surface area (Å²) in [7, 11) is 0. The van der Waals surface area contributed by atoms with E-state index in [2.05, 4.69) is 44.1 Å². The molecule has 0 amide bonds. The number of aliphatic hydroxyl groups is 1. The smallest absolute Gasteiger partial charge is 0.226 e. The van der Waals surface area contributed by atoms with Crippen LogP contribution in [0.4, 0.5) is 5.82 Å². The minimum absolute atomic E-state index is 0.151. The molecule has 7 rings (SSSR count). The number of benzene rings is 1. The Bertz CT molecular complexity index is 1310. The summed E-state index contributed by atoms with van der Waals surface area (Å²) in [5.41, 5.74) is 4.34. The monoisotopic (exact) mass is 497 g/mol. The zero-order valence-electron chi connectivity index (χ0n) is 19.7. The molecule has 9 nitrogen and oxygen atoms in total. The van der Waals surface area contributed by atoms with Crippen LogP contribution in [0, 0.1) is 0 Å². The summed E-state index contributed by atoms with van der Waals surface area (Å²) in [6, 6.07) is 8.80. The number of nitrogens with zero attached hydrogens (tertiary/aromatic N) is 5. The molecular formula is C25H28ClN5O4. The van der Waals surface area contributed by atoms with Gasteiger partial charge >= 0.3 is 0 Å². The highest BCUT2D eigenvalue weighted by Crippen LogP contribution is 2.47. The van der Waals surface area contributed by atoms with Gasteiger partial charge in [-0.3, -0.25) is 4.57 Å². The van der Waals surface area contributed by atoms with Gasteiger partial charge in [-0.25, -0.2) is 4.98 Å². The summed E-state index contributed by atoms with van der Waals surface area (Å²) in [6.45, 7) is 5.32. The first-order chi connectivity index (χ1) is 16.9. The molecule has 3 fully saturated rings. The topological polar surface area (TPSA) is 94.8 Å². The fourth-order valence-corrected chi connectivity index (χ4v) is 6.64. The largest absolute Gasteiger partial charge is 0.394 e. The molecule has 4 atom stereocenters. The highest BCUT2D eigenvalue weighted by Gasteiger charge is 2.56. The average molecular weight is 498 g/mol. The average Bonchev–Trinajstić information content (AvgIpc) is 3.46. The first kappa shape index (κ1) is 21.9. The molecular weight excluding hydrogens is 470 g/mol. The van der Waals surface area contributed by atoms with Crippen molar-refractivity contribution in [1.29, 1.82) is 0 Å². The number of imidazole rings is 1. The lowest BCUT2D eigenvalue weighted by Gasteiger charge is -2.53. The Balaban J connectivity index is 1.23. The molecule has 0 saturated carbocycles. The summed E-state index contributed by atoms with van der Waals surface area (Å²) in [5, 5.41) is 10.0. The number of aliphatic hydroxyl groups excluding tert-OH is 1. The van der Waals surface area contributed by atoms with E-state index < -0.39 is 24.2 Å². The maximum absolute atomic E-state index is 9.86. The van der Waals surface area contributed by atoms with E-state index in [-0.39, 0.29) is 23.4 Å². The number of aromatic nitrogens is 4. The Kier molecular flexibility index (Phi) is 4.76. The maximum atomic E-state index is 9.86. The van der Waals surface area contributed by atoms with Crippen molar-refractivity contribution < 1.29 is 19.3 Å². The van der Waals surface area contributed by atoms with Gasteiger partial charge in [0.2, 0.25) is 5.28 Å². The highest BCUT2D eigenvalue weighted by atomic mass is 35.5. The third-order valence-electron chi connectivity index (χ3n) is 7.93. The zero-order chi connectivity index (χ0) is 23.9. The molecule has 0 radical (unpaired) electrons. The van der Waals surface area contributed by atoms with Gasteiger partial charge in [0.1, 0.15) is 18.3 Å². The molecule has 1 aromatic carbocycles. The predicted octanol–water partition coefficient (Wildman–Crippen LogP) is 2.98. The van der Waals surface area contributed by atoms with Crippen LogP contribution in [0.25, 0.3) is 11.2 Å². The number of rotatable bonds is 3. The Hall–Kier alpha value is -2.30. The number of ether oxygens (including phenoxy) is 3. The molecule has 0 bridgehead atoms. The summed E-state index contributed by atoms with van der Waals surface area (Å²) in [4.78, 5) is 16.0. The van der Waals surface area contributed by atoms with Crippen LogP contribution in [0.1, 0.15) is 44.0 Å². The number of hydrogen-bond donors (Lipinski definition) is 1. The van der Waals surface area contributed by atoms with Crippen molar-refractivity contribution in [3.8, 4) is 0 Å². The molecule has 0 unspecified atom stereocenters. The molecule has 35 heavy (non-hydrogen) atoms. The summed E-state index contributed by atoms with van der Waals surface area (Å²) in [6.07, 6.45) is 3.39. The van der Waals surface area contributed by atoms with Crippen molar-refractivity contribution in [2.75, 3.05) is 24.6 Å². The third kappa shape index (κ3) is 3.25. The first-order valence-corrected chi connectivity index (χ1v) is 12.6. The normalized spacial score (nSPS) is 30.5. The quantitative estimate of drug-likeness (QED) is 0.552. The molecule has 10 heteroatoms. The van der Waals surface area contributed by atoms with Crippen LogP contribution in [-0.4, -0.2) is 68.4 Å². The van der Waals surface area contributed by atoms with Crippen molar-refractivity contribution in [2.45, 2.75) is 68.9 Å². The van der Waals surface area contributed by atoms with Crippen molar-refractivity contribution in [3.05, 3.63) is 47.0 Å². The van der Waals surface area contributed by atoms with E-state index in [1.165, 1.54) is 24.0 Å². The maximum Gasteiger partial charge on any atom is 0.226 e. The second kappa shape index (κ2) is 7.60. The molecule has 3 aromatic rings. The first-order valence-electron chi connectivity index (χ1n) is 12.2. The second-order valence-electron chi connectivity index (χ2n) is 10.6. The van der Waals surface area contributed by atoms with E-state index in [4.69, 9.17) is 25.8 Å². The minimum Gasteiger partial charge on any atom is -0.394 e. The van der Waals surface area contributed by atoms with Crippen LogP contribution < -0.4 is 4.90 Å². The van der Waals surface area contributed by atoms with E-state index in [1.54, 1.807) is 6.33 Å². The van der Waals surface area contributed by atoms with Gasteiger partial charge in [0.05, 0.1) is 12.9 Å². The molecule has 2 aromatic heterocycles. The summed E-state index contributed by atoms with van der Waals surface area (Å²) < 4.78 is 20.1. The SMILES string of the molecule is CC1(C)O[C@@H]2[C@H](O1)[C@@H](CO)O[C@H]2n1cnc2c(N3CC4(CCCc5ccccc54)C3)nc(Cl)nc21. The number of fused-ring (bicyclic) bond motifs is 4. The summed E-state index contributed by atoms with van der Waals surface area (Å²) >= 11 is 6.43. The van der Waals surface area contributed by atoms with Crippen LogP contribution in [0.15, 0.2) is 30.6 Å². The van der Waals surface area contributed by atoms with Crippen LogP contribution in [-0.2, 0) is 26.0 Å². The molecule has 1 aliphatic carbocycles. The molecule has 1 spiro atoms. The van der Waals surface area contributed by atoms with E-state index >= 15 is 0 Å². The Labute approximate surface area is 208 Å². The van der Waals surface area contributed by atoms with Gasteiger partial charge in [0.15, 0.2) is 29.0 Å². The van der Waals surface area contributed by atoms with E-state index in [1.807, 2.05) is 18.4 Å². The number of aryl methyl sites for hydroxylation is 1. The number of anilines is 1. The number of hydrogen-bond acceptors (Lipinski definition) is 8. The minimum atomic E-state index is -0.763. The zero-order valence-corrected chi connectivity index (χ0v) is 20.5. The molecule has 3 aliphatic heterocycles. The second-order valence-corrected chi connectivity index (χ2v) is 10.9. The lowest BCUT2D eigenvalue weighted by Crippen LogP contribution is -2.61. The molecule has 5 heterocycles. The lowest BCUT2D eigenvalue weighted by atomic mass is 9.65. The molecule has 4 aliphatic rings. The van der Waals surface area contributed by atoms with Crippen LogP contribution in [0.5, 0.6) is 0 Å². The van der Waals surface area contributed by atoms with Crippen molar-refractivity contribution in [1.82, 2.24) is 19.5 Å². The Morgan fingerprint density at radius 3 is 2.77 bits per heavy atom. The highest BCUT2D eigenvalue weighted by molar-refractivity contribution is 6.28. The van der Waals surface area contributed by atoms with E-state index in [0.29, 0.717) is 11.2 Å². The molecule has 1 N–H and O–H groups in total. The summed E-state index contributed by atoms with van der Waals surface area (Å²) in [5.74, 6) is -0.0223. The van der Waals surface area contributed by atoms with Gasteiger partial charge in [0.25, 0.3) is 0 Å². The van der Waals surface area contributed by atoms with E-state index in [9.17, 15) is 5.11 Å². The molecule has 184 valence electrons. The van der Waals surface area contributed by atoms with Crippen molar-refractivity contribution >= 4 is 28.6 Å². The van der Waals surface area contributed by atoms with Gasteiger partial charge in [-0.2, -0.15) is 9.97 Å². The predicted molar refractivity (Wildman–Crippen MR) is 128 cm³/mol. The van der Waals surface area contributed by atoms with Gasteiger partial charge < -0.3 is 24.2 Å². The van der Waals surface area contributed by atoms with Gasteiger partial charge in [-0.05, 0) is 55.8 Å². The van der Waals surface area contributed by atoms with Gasteiger partial charge in [-0.1, -0.05) is 24.3 Å². The molecule has 3 saturated heterocycles. The van der Waals surface area contributed by atoms with Crippen LogP contribution >= 0.6 is 11.6 Å².